The van der Waals surface area contributed by atoms with Crippen LogP contribution in [0, 0.1) is 5.41 Å². The number of hydrogen-bond donors (Lipinski definition) is 0. The molecule has 0 N–H and O–H groups in total. The van der Waals surface area contributed by atoms with E-state index in [-0.39, 0.29) is 37.6 Å². The number of ether oxygens (including phenoxy) is 13. The summed E-state index contributed by atoms with van der Waals surface area (Å²) >= 11 is 12.0. The molecule has 88 heavy (non-hydrogen) atoms. The second kappa shape index (κ2) is 30.7. The van der Waals surface area contributed by atoms with E-state index in [0.717, 1.165) is 23.6 Å². The minimum atomic E-state index is -2.58. The molecule has 470 valence electrons. The molecule has 23 heteroatoms. The molecule has 5 aromatic rings. The summed E-state index contributed by atoms with van der Waals surface area (Å²) in [5, 5.41) is 0. The Kier molecular flexibility index (Phi) is 22.9. The van der Waals surface area contributed by atoms with Crippen molar-refractivity contribution >= 4 is 58.9 Å². The van der Waals surface area contributed by atoms with Gasteiger partial charge < -0.3 is 61.6 Å². The Bertz CT molecular complexity index is 3090. The third kappa shape index (κ3) is 16.4. The Balaban J connectivity index is 1.20. The third-order valence-electron chi connectivity index (χ3n) is 14.9. The zero-order chi connectivity index (χ0) is 62.5. The minimum absolute atomic E-state index is 0.0365. The molecule has 0 spiro atoms. The molecular formula is C65H70Cl2FNO19. The fraction of sp³-hybridized carbons (Fsp3) is 0.446. The number of halogens is 3. The Morgan fingerprint density at radius 3 is 1.45 bits per heavy atom. The highest BCUT2D eigenvalue weighted by Crippen LogP contribution is 2.41. The van der Waals surface area contributed by atoms with E-state index in [2.05, 4.69) is 0 Å². The average molecular weight is 1260 g/mol. The molecule has 4 aliphatic heterocycles. The molecule has 3 saturated heterocycles. The van der Waals surface area contributed by atoms with Crippen molar-refractivity contribution in [3.63, 3.8) is 0 Å². The van der Waals surface area contributed by atoms with Gasteiger partial charge in [-0.2, -0.15) is 0 Å². The molecule has 3 fully saturated rings. The van der Waals surface area contributed by atoms with Gasteiger partial charge in [-0.1, -0.05) is 133 Å². The van der Waals surface area contributed by atoms with E-state index in [1.165, 1.54) is 12.1 Å². The van der Waals surface area contributed by atoms with Crippen molar-refractivity contribution in [2.24, 2.45) is 5.41 Å². The van der Waals surface area contributed by atoms with Crippen molar-refractivity contribution in [1.82, 2.24) is 4.90 Å². The number of rotatable bonds is 25. The standard InChI is InChI=1S/C65H70Cl2FNO19/c1-38-51(77-33-41-22-12-7-13-23-41)55(78-34-42-24-14-8-15-25-42)57(79-35-43-26-16-9-17-27-43)62(81-38)88-54-50(69-60(73)44-28-18-19-29-45(44)61(69)74)59(68)83-46(36-76-32-40-20-10-6-11-21-40)52(54)87-63-58(82-39(2)70)56(86-49(72)31-67)53(85-48(71)30-66)47(84-63)37-80-64(75)65(3,4)5/h6-29,38,46-47,50-59,62-63H,30-37H2,1-5H3/t38-,46+,47+,50+,51+,52+,53-,54+,55+,56-,57-,58+,59+,62-,63-/m0/s1. The first-order valence-electron chi connectivity index (χ1n) is 28.7. The fourth-order valence-electron chi connectivity index (χ4n) is 10.7. The van der Waals surface area contributed by atoms with E-state index < -0.39 is 158 Å². The summed E-state index contributed by atoms with van der Waals surface area (Å²) in [6.07, 6.45) is -22.9. The van der Waals surface area contributed by atoms with Gasteiger partial charge in [0.25, 0.3) is 11.8 Å². The maximum Gasteiger partial charge on any atom is 0.321 e. The van der Waals surface area contributed by atoms with Gasteiger partial charge in [0.2, 0.25) is 6.36 Å². The van der Waals surface area contributed by atoms with Gasteiger partial charge >= 0.3 is 23.9 Å². The van der Waals surface area contributed by atoms with Gasteiger partial charge in [0, 0.05) is 6.92 Å². The van der Waals surface area contributed by atoms with E-state index in [1.807, 2.05) is 97.1 Å². The van der Waals surface area contributed by atoms with Crippen LogP contribution in [0.3, 0.4) is 0 Å². The first-order chi connectivity index (χ1) is 42.4. The van der Waals surface area contributed by atoms with Crippen LogP contribution < -0.4 is 0 Å². The topological polar surface area (TPSA) is 226 Å². The summed E-state index contributed by atoms with van der Waals surface area (Å²) in [5.74, 6) is -7.19. The normalized spacial score (nSPS) is 27.9. The van der Waals surface area contributed by atoms with Crippen LogP contribution in [0.2, 0.25) is 0 Å². The van der Waals surface area contributed by atoms with Gasteiger partial charge in [0.15, 0.2) is 30.9 Å². The molecule has 5 aromatic carbocycles. The predicted molar refractivity (Wildman–Crippen MR) is 312 cm³/mol. The van der Waals surface area contributed by atoms with Crippen LogP contribution in [0.4, 0.5) is 4.39 Å². The number of carbonyl (C=O) groups is 6. The first-order valence-corrected chi connectivity index (χ1v) is 29.8. The zero-order valence-corrected chi connectivity index (χ0v) is 50.5. The summed E-state index contributed by atoms with van der Waals surface area (Å²) in [4.78, 5) is 83.8. The van der Waals surface area contributed by atoms with Crippen molar-refractivity contribution < 1.29 is 94.7 Å². The van der Waals surface area contributed by atoms with Gasteiger partial charge in [0.05, 0.1) is 55.7 Å². The Hall–Kier alpha value is -6.73. The number of fused-ring (bicyclic) bond motifs is 1. The van der Waals surface area contributed by atoms with Gasteiger partial charge in [-0.3, -0.25) is 33.7 Å². The third-order valence-corrected chi connectivity index (χ3v) is 15.4. The summed E-state index contributed by atoms with van der Waals surface area (Å²) in [6.45, 7) is 6.36. The monoisotopic (exact) mass is 1260 g/mol. The summed E-state index contributed by atoms with van der Waals surface area (Å²) in [7, 11) is 0. The molecule has 4 aliphatic rings. The number of benzene rings is 5. The zero-order valence-electron chi connectivity index (χ0n) is 49.0. The lowest BCUT2D eigenvalue weighted by atomic mass is 9.93. The highest BCUT2D eigenvalue weighted by atomic mass is 35.5. The molecule has 4 heterocycles. The molecule has 0 unspecified atom stereocenters. The van der Waals surface area contributed by atoms with Crippen LogP contribution in [-0.4, -0.2) is 158 Å². The number of carbonyl (C=O) groups excluding carboxylic acids is 6. The van der Waals surface area contributed by atoms with Gasteiger partial charge in [0.1, 0.15) is 67.1 Å². The second-order valence-corrected chi connectivity index (χ2v) is 22.9. The van der Waals surface area contributed by atoms with Crippen LogP contribution in [0.1, 0.15) is 77.6 Å². The van der Waals surface area contributed by atoms with E-state index >= 15 is 4.39 Å². The SMILES string of the molecule is CC(=O)O[C@H]1[C@H](O[C@H]2[C@H](O[C@@H]3O[C@@H](C)[C@@H](OCc4ccccc4)[C@@H](OCc4ccccc4)[C@@H]3OCc3ccccc3)[C@@H](N3C(=O)c4ccccc4C3=O)[C@H](F)O[C@@H]2COCc2ccccc2)O[C@H](COC(=O)C(C)(C)C)[C@H](OC(=O)CCl)[C@@H]1OC(=O)CCl. The number of alkyl halides is 3. The average Bonchev–Trinajstić information content (AvgIpc) is 1.54. The number of hydrogen-bond acceptors (Lipinski definition) is 19. The van der Waals surface area contributed by atoms with Crippen molar-refractivity contribution in [2.75, 3.05) is 25.0 Å². The summed E-state index contributed by atoms with van der Waals surface area (Å²) in [5.41, 5.74) is 1.88. The quantitative estimate of drug-likeness (QED) is 0.0231. The van der Waals surface area contributed by atoms with Crippen LogP contribution >= 0.6 is 23.2 Å². The maximum atomic E-state index is 18.2. The van der Waals surface area contributed by atoms with Crippen LogP contribution in [0.15, 0.2) is 146 Å². The van der Waals surface area contributed by atoms with Crippen LogP contribution in [-0.2, 0) is 107 Å². The fourth-order valence-corrected chi connectivity index (χ4v) is 10.8. The molecule has 15 atom stereocenters. The van der Waals surface area contributed by atoms with Gasteiger partial charge in [-0.05, 0) is 62.1 Å². The highest BCUT2D eigenvalue weighted by Gasteiger charge is 2.61. The number of imide groups is 1. The summed E-state index contributed by atoms with van der Waals surface area (Å²) < 4.78 is 102. The van der Waals surface area contributed by atoms with E-state index in [1.54, 1.807) is 64.1 Å². The first kappa shape index (κ1) is 65.7. The van der Waals surface area contributed by atoms with Gasteiger partial charge in [-0.25, -0.2) is 4.39 Å². The lowest BCUT2D eigenvalue weighted by molar-refractivity contribution is -0.376. The Morgan fingerprint density at radius 2 is 0.955 bits per heavy atom. The maximum absolute atomic E-state index is 18.2. The molecule has 0 aromatic heterocycles. The molecule has 0 aliphatic carbocycles. The molecule has 9 rings (SSSR count). The lowest BCUT2D eigenvalue weighted by Gasteiger charge is -2.51. The second-order valence-electron chi connectivity index (χ2n) is 22.4. The minimum Gasteiger partial charge on any atom is -0.462 e. The molecular weight excluding hydrogens is 1190 g/mol. The molecule has 0 radical (unpaired) electrons. The number of esters is 4. The lowest BCUT2D eigenvalue weighted by Crippen LogP contribution is -2.70. The smallest absolute Gasteiger partial charge is 0.321 e. The largest absolute Gasteiger partial charge is 0.462 e. The van der Waals surface area contributed by atoms with Crippen LogP contribution in [0.5, 0.6) is 0 Å². The number of nitrogens with zero attached hydrogens (tertiary/aromatic N) is 1. The van der Waals surface area contributed by atoms with Crippen molar-refractivity contribution in [3.05, 3.63) is 179 Å². The molecule has 20 nitrogen and oxygen atoms in total. The van der Waals surface area contributed by atoms with Crippen molar-refractivity contribution in [1.29, 1.82) is 0 Å². The molecule has 2 amide bonds. The Morgan fingerprint density at radius 1 is 0.511 bits per heavy atom. The van der Waals surface area contributed by atoms with Crippen molar-refractivity contribution in [3.8, 4) is 0 Å². The van der Waals surface area contributed by atoms with Crippen molar-refractivity contribution in [2.45, 2.75) is 153 Å². The van der Waals surface area contributed by atoms with E-state index in [9.17, 15) is 28.8 Å². The number of amides is 2. The van der Waals surface area contributed by atoms with Crippen LogP contribution in [0.25, 0.3) is 0 Å². The predicted octanol–water partition coefficient (Wildman–Crippen LogP) is 8.38. The molecule has 0 saturated carbocycles. The Labute approximate surface area is 518 Å². The molecule has 0 bridgehead atoms. The van der Waals surface area contributed by atoms with E-state index in [0.29, 0.717) is 10.5 Å². The summed E-state index contributed by atoms with van der Waals surface area (Å²) in [6, 6.07) is 40.9. The van der Waals surface area contributed by atoms with Gasteiger partial charge in [-0.15, -0.1) is 23.2 Å². The van der Waals surface area contributed by atoms with E-state index in [4.69, 9.17) is 84.8 Å². The highest BCUT2D eigenvalue weighted by molar-refractivity contribution is 6.26.